The van der Waals surface area contributed by atoms with Crippen molar-refractivity contribution in [3.63, 3.8) is 0 Å². The van der Waals surface area contributed by atoms with Gasteiger partial charge in [0.2, 0.25) is 0 Å². The van der Waals surface area contributed by atoms with E-state index >= 15 is 0 Å². The minimum absolute atomic E-state index is 0.239. The summed E-state index contributed by atoms with van der Waals surface area (Å²) in [6.45, 7) is 0.804. The van der Waals surface area contributed by atoms with Crippen LogP contribution in [0.15, 0.2) is 12.3 Å². The molecule has 0 spiro atoms. The van der Waals surface area contributed by atoms with Crippen LogP contribution in [0.25, 0.3) is 0 Å². The van der Waals surface area contributed by atoms with E-state index in [4.69, 9.17) is 0 Å². The van der Waals surface area contributed by atoms with Crippen LogP contribution in [0.3, 0.4) is 0 Å². The summed E-state index contributed by atoms with van der Waals surface area (Å²) in [5, 5.41) is 0. The van der Waals surface area contributed by atoms with Crippen molar-refractivity contribution in [1.82, 2.24) is 4.57 Å². The van der Waals surface area contributed by atoms with Gasteiger partial charge in [-0.05, 0) is 12.5 Å². The van der Waals surface area contributed by atoms with Crippen LogP contribution in [0.1, 0.15) is 28.9 Å². The number of hydrogen-bond acceptors (Lipinski definition) is 3. The molecule has 4 nitrogen and oxygen atoms in total. The number of rotatable bonds is 1. The first-order valence-electron chi connectivity index (χ1n) is 5.00. The van der Waals surface area contributed by atoms with Crippen molar-refractivity contribution in [2.24, 2.45) is 0 Å². The van der Waals surface area contributed by atoms with Crippen LogP contribution in [0, 0.1) is 0 Å². The minimum atomic E-state index is -0.344. The molecule has 1 aromatic rings. The summed E-state index contributed by atoms with van der Waals surface area (Å²) in [7, 11) is 1.36. The maximum absolute atomic E-state index is 11.4. The first-order valence-corrected chi connectivity index (χ1v) is 5.00. The zero-order chi connectivity index (χ0) is 10.8. The molecular weight excluding hydrogens is 194 g/mol. The number of aromatic nitrogens is 1. The molecular formula is C11H13NO3. The molecule has 0 amide bonds. The molecule has 15 heavy (non-hydrogen) atoms. The second kappa shape index (κ2) is 3.88. The number of carbonyl (C=O) groups excluding carboxylic acids is 2. The highest BCUT2D eigenvalue weighted by molar-refractivity contribution is 5.90. The van der Waals surface area contributed by atoms with Gasteiger partial charge < -0.3 is 9.30 Å². The molecule has 0 radical (unpaired) electrons. The second-order valence-electron chi connectivity index (χ2n) is 3.72. The molecule has 0 unspecified atom stereocenters. The van der Waals surface area contributed by atoms with Gasteiger partial charge in [-0.1, -0.05) is 0 Å². The molecule has 1 aliphatic rings. The molecule has 4 heteroatoms. The number of ketones is 1. The van der Waals surface area contributed by atoms with Gasteiger partial charge in [0.05, 0.1) is 12.7 Å². The Hall–Kier alpha value is -1.58. The van der Waals surface area contributed by atoms with Gasteiger partial charge >= 0.3 is 5.97 Å². The lowest BCUT2D eigenvalue weighted by Gasteiger charge is -2.00. The van der Waals surface area contributed by atoms with Crippen molar-refractivity contribution in [2.45, 2.75) is 25.8 Å². The average Bonchev–Trinajstić information content (AvgIpc) is 2.53. The molecule has 2 heterocycles. The molecule has 0 saturated heterocycles. The summed E-state index contributed by atoms with van der Waals surface area (Å²) in [6, 6.07) is 1.75. The van der Waals surface area contributed by atoms with E-state index in [0.717, 1.165) is 18.7 Å². The van der Waals surface area contributed by atoms with Gasteiger partial charge in [0.1, 0.15) is 5.78 Å². The van der Waals surface area contributed by atoms with Crippen LogP contribution in [-0.4, -0.2) is 23.4 Å². The predicted octanol–water partition coefficient (Wildman–Crippen LogP) is 1.18. The summed E-state index contributed by atoms with van der Waals surface area (Å²) >= 11 is 0. The molecule has 1 aliphatic heterocycles. The highest BCUT2D eigenvalue weighted by Crippen LogP contribution is 2.16. The predicted molar refractivity (Wildman–Crippen MR) is 53.7 cm³/mol. The van der Waals surface area contributed by atoms with Gasteiger partial charge in [0, 0.05) is 31.3 Å². The molecule has 0 atom stereocenters. The fraction of sp³-hybridized carbons (Fsp3) is 0.455. The first kappa shape index (κ1) is 9.96. The van der Waals surface area contributed by atoms with Gasteiger partial charge in [-0.2, -0.15) is 0 Å². The number of Topliss-reactive ketones (excluding diaryl/α,β-unsaturated/α-hetero) is 1. The van der Waals surface area contributed by atoms with Crippen LogP contribution >= 0.6 is 0 Å². The van der Waals surface area contributed by atoms with Crippen molar-refractivity contribution in [2.75, 3.05) is 7.11 Å². The summed E-state index contributed by atoms with van der Waals surface area (Å²) in [5.74, 6) is -0.105. The highest BCUT2D eigenvalue weighted by Gasteiger charge is 2.17. The normalized spacial score (nSPS) is 15.7. The Bertz CT molecular complexity index is 406. The minimum Gasteiger partial charge on any atom is -0.465 e. The quantitative estimate of drug-likeness (QED) is 0.650. The molecule has 0 N–H and O–H groups in total. The summed E-state index contributed by atoms with van der Waals surface area (Å²) in [6.07, 6.45) is 3.67. The largest absolute Gasteiger partial charge is 0.465 e. The third-order valence-electron chi connectivity index (χ3n) is 2.64. The molecule has 0 aromatic carbocycles. The molecule has 2 rings (SSSR count). The summed E-state index contributed by atoms with van der Waals surface area (Å²) < 4.78 is 6.60. The third-order valence-corrected chi connectivity index (χ3v) is 2.64. The number of fused-ring (bicyclic) bond motifs is 1. The van der Waals surface area contributed by atoms with E-state index < -0.39 is 0 Å². The van der Waals surface area contributed by atoms with Crippen LogP contribution in [0.4, 0.5) is 0 Å². The third kappa shape index (κ3) is 1.93. The Morgan fingerprint density at radius 2 is 2.33 bits per heavy atom. The Balaban J connectivity index is 2.31. The van der Waals surface area contributed by atoms with E-state index in [1.807, 2.05) is 4.57 Å². The number of nitrogens with zero attached hydrogens (tertiary/aromatic N) is 1. The zero-order valence-corrected chi connectivity index (χ0v) is 8.66. The van der Waals surface area contributed by atoms with Crippen LogP contribution in [-0.2, 0) is 22.5 Å². The van der Waals surface area contributed by atoms with E-state index in [1.165, 1.54) is 7.11 Å². The Morgan fingerprint density at radius 3 is 3.07 bits per heavy atom. The first-order chi connectivity index (χ1) is 7.20. The van der Waals surface area contributed by atoms with Gasteiger partial charge in [-0.15, -0.1) is 0 Å². The average molecular weight is 207 g/mol. The van der Waals surface area contributed by atoms with E-state index in [-0.39, 0.29) is 11.8 Å². The van der Waals surface area contributed by atoms with E-state index in [2.05, 4.69) is 4.74 Å². The van der Waals surface area contributed by atoms with Gasteiger partial charge in [0.25, 0.3) is 0 Å². The zero-order valence-electron chi connectivity index (χ0n) is 8.66. The van der Waals surface area contributed by atoms with Crippen molar-refractivity contribution >= 4 is 11.8 Å². The second-order valence-corrected chi connectivity index (χ2v) is 3.72. The Morgan fingerprint density at radius 1 is 1.53 bits per heavy atom. The fourth-order valence-corrected chi connectivity index (χ4v) is 1.88. The standard InChI is InChI=1S/C11H13NO3/c1-15-11(14)8-5-9-6-10(13)3-2-4-12(9)7-8/h5,7H,2-4,6H2,1H3. The number of ether oxygens (including phenoxy) is 1. The fourth-order valence-electron chi connectivity index (χ4n) is 1.88. The van der Waals surface area contributed by atoms with Crippen molar-refractivity contribution in [3.05, 3.63) is 23.5 Å². The molecule has 80 valence electrons. The number of methoxy groups -OCH3 is 1. The van der Waals surface area contributed by atoms with Crippen LogP contribution in [0.2, 0.25) is 0 Å². The molecule has 1 aromatic heterocycles. The number of esters is 1. The smallest absolute Gasteiger partial charge is 0.339 e. The van der Waals surface area contributed by atoms with E-state index in [9.17, 15) is 9.59 Å². The van der Waals surface area contributed by atoms with Crippen molar-refractivity contribution in [1.29, 1.82) is 0 Å². The molecule has 0 saturated carbocycles. The highest BCUT2D eigenvalue weighted by atomic mass is 16.5. The Labute approximate surface area is 87.8 Å². The lowest BCUT2D eigenvalue weighted by atomic mass is 10.1. The lowest BCUT2D eigenvalue weighted by molar-refractivity contribution is -0.118. The monoisotopic (exact) mass is 207 g/mol. The van der Waals surface area contributed by atoms with Crippen LogP contribution < -0.4 is 0 Å². The molecule has 0 fully saturated rings. The van der Waals surface area contributed by atoms with Crippen molar-refractivity contribution in [3.8, 4) is 0 Å². The lowest BCUT2D eigenvalue weighted by Crippen LogP contribution is -2.01. The van der Waals surface area contributed by atoms with Crippen molar-refractivity contribution < 1.29 is 14.3 Å². The number of aryl methyl sites for hydroxylation is 1. The van der Waals surface area contributed by atoms with Gasteiger partial charge in [0.15, 0.2) is 0 Å². The van der Waals surface area contributed by atoms with E-state index in [1.54, 1.807) is 12.3 Å². The molecule has 0 bridgehead atoms. The number of hydrogen-bond donors (Lipinski definition) is 0. The summed E-state index contributed by atoms with van der Waals surface area (Å²) in [5.41, 5.74) is 1.44. The maximum atomic E-state index is 11.4. The van der Waals surface area contributed by atoms with E-state index in [0.29, 0.717) is 18.4 Å². The maximum Gasteiger partial charge on any atom is 0.339 e. The summed E-state index contributed by atoms with van der Waals surface area (Å²) in [4.78, 5) is 22.6. The topological polar surface area (TPSA) is 48.3 Å². The Kier molecular flexibility index (Phi) is 2.58. The van der Waals surface area contributed by atoms with Crippen LogP contribution in [0.5, 0.6) is 0 Å². The number of carbonyl (C=O) groups is 2. The van der Waals surface area contributed by atoms with Gasteiger partial charge in [-0.3, -0.25) is 4.79 Å². The molecule has 0 aliphatic carbocycles. The SMILES string of the molecule is COC(=O)c1cc2n(c1)CCCC(=O)C2. The van der Waals surface area contributed by atoms with Gasteiger partial charge in [-0.25, -0.2) is 4.79 Å².